The predicted molar refractivity (Wildman–Crippen MR) is 66.7 cm³/mol. The van der Waals surface area contributed by atoms with E-state index in [1.807, 2.05) is 13.8 Å². The third kappa shape index (κ3) is 6.08. The van der Waals surface area contributed by atoms with E-state index in [0.29, 0.717) is 12.3 Å². The molecule has 1 atom stereocenters. The van der Waals surface area contributed by atoms with E-state index in [4.69, 9.17) is 0 Å². The molecular formula is C12H26N2O2. The second-order valence-electron chi connectivity index (χ2n) is 4.87. The summed E-state index contributed by atoms with van der Waals surface area (Å²) in [5.74, 6) is -0.382. The molecule has 0 aromatic carbocycles. The molecule has 4 heteroatoms. The van der Waals surface area contributed by atoms with E-state index in [2.05, 4.69) is 17.6 Å². The summed E-state index contributed by atoms with van der Waals surface area (Å²) in [4.78, 5) is 11.2. The van der Waals surface area contributed by atoms with E-state index in [9.17, 15) is 9.90 Å². The van der Waals surface area contributed by atoms with Crippen molar-refractivity contribution in [1.29, 1.82) is 0 Å². The van der Waals surface area contributed by atoms with Crippen molar-refractivity contribution in [2.24, 2.45) is 5.92 Å². The Morgan fingerprint density at radius 3 is 2.44 bits per heavy atom. The first-order chi connectivity index (χ1) is 7.42. The van der Waals surface area contributed by atoms with E-state index >= 15 is 0 Å². The highest BCUT2D eigenvalue weighted by Crippen LogP contribution is 2.16. The molecule has 0 heterocycles. The molecule has 16 heavy (non-hydrogen) atoms. The highest BCUT2D eigenvalue weighted by Gasteiger charge is 2.32. The van der Waals surface area contributed by atoms with E-state index < -0.39 is 11.5 Å². The van der Waals surface area contributed by atoms with Gasteiger partial charge in [0.1, 0.15) is 5.54 Å². The Bertz CT molecular complexity index is 207. The molecule has 96 valence electrons. The van der Waals surface area contributed by atoms with Gasteiger partial charge in [0.2, 0.25) is 0 Å². The first-order valence-corrected chi connectivity index (χ1v) is 6.11. The summed E-state index contributed by atoms with van der Waals surface area (Å²) in [7, 11) is 0. The standard InChI is InChI=1S/C12H26N2O2/c1-5-13-7-6-8-14-12(4,11(15)16)9-10(2)3/h10,13-14H,5-9H2,1-4H3,(H,15,16). The van der Waals surface area contributed by atoms with Crippen LogP contribution in [0.4, 0.5) is 0 Å². The number of carbonyl (C=O) groups is 1. The van der Waals surface area contributed by atoms with Crippen molar-refractivity contribution in [2.45, 2.75) is 46.1 Å². The molecule has 0 rings (SSSR count). The molecule has 1 unspecified atom stereocenters. The number of rotatable bonds is 9. The Kier molecular flexibility index (Phi) is 7.34. The van der Waals surface area contributed by atoms with Crippen LogP contribution in [0.3, 0.4) is 0 Å². The molecule has 3 N–H and O–H groups in total. The van der Waals surface area contributed by atoms with Crippen molar-refractivity contribution in [3.8, 4) is 0 Å². The zero-order valence-corrected chi connectivity index (χ0v) is 11.0. The second-order valence-corrected chi connectivity index (χ2v) is 4.87. The van der Waals surface area contributed by atoms with Crippen molar-refractivity contribution in [3.63, 3.8) is 0 Å². The Morgan fingerprint density at radius 1 is 1.38 bits per heavy atom. The van der Waals surface area contributed by atoms with Gasteiger partial charge in [-0.25, -0.2) is 0 Å². The van der Waals surface area contributed by atoms with Crippen molar-refractivity contribution >= 4 is 5.97 Å². The van der Waals surface area contributed by atoms with Crippen LogP contribution in [-0.4, -0.2) is 36.2 Å². The molecule has 0 aliphatic rings. The van der Waals surface area contributed by atoms with Gasteiger partial charge in [-0.15, -0.1) is 0 Å². The van der Waals surface area contributed by atoms with Crippen molar-refractivity contribution in [1.82, 2.24) is 10.6 Å². The number of carboxylic acid groups (broad SMARTS) is 1. The van der Waals surface area contributed by atoms with E-state index in [1.54, 1.807) is 6.92 Å². The number of hydrogen-bond donors (Lipinski definition) is 3. The zero-order valence-electron chi connectivity index (χ0n) is 11.0. The predicted octanol–water partition coefficient (Wildman–Crippen LogP) is 1.46. The van der Waals surface area contributed by atoms with Crippen LogP contribution in [0.25, 0.3) is 0 Å². The SMILES string of the molecule is CCNCCCNC(C)(CC(C)C)C(=O)O. The third-order valence-corrected chi connectivity index (χ3v) is 2.58. The molecule has 0 amide bonds. The van der Waals surface area contributed by atoms with Gasteiger partial charge in [-0.3, -0.25) is 4.79 Å². The van der Waals surface area contributed by atoms with Crippen LogP contribution in [-0.2, 0) is 4.79 Å². The first kappa shape index (κ1) is 15.4. The first-order valence-electron chi connectivity index (χ1n) is 6.11. The van der Waals surface area contributed by atoms with Crippen LogP contribution in [0, 0.1) is 5.92 Å². The molecule has 0 spiro atoms. The summed E-state index contributed by atoms with van der Waals surface area (Å²) in [5, 5.41) is 15.6. The lowest BCUT2D eigenvalue weighted by Gasteiger charge is -2.28. The minimum Gasteiger partial charge on any atom is -0.480 e. The van der Waals surface area contributed by atoms with E-state index in [1.165, 1.54) is 0 Å². The molecule has 0 saturated carbocycles. The average molecular weight is 230 g/mol. The van der Waals surface area contributed by atoms with Gasteiger partial charge < -0.3 is 15.7 Å². The molecule has 0 aliphatic carbocycles. The van der Waals surface area contributed by atoms with Crippen LogP contribution in [0.15, 0.2) is 0 Å². The van der Waals surface area contributed by atoms with Crippen molar-refractivity contribution in [3.05, 3.63) is 0 Å². The molecule has 4 nitrogen and oxygen atoms in total. The smallest absolute Gasteiger partial charge is 0.323 e. The molecule has 0 fully saturated rings. The van der Waals surface area contributed by atoms with E-state index in [0.717, 1.165) is 26.1 Å². The van der Waals surface area contributed by atoms with Crippen LogP contribution in [0.1, 0.15) is 40.5 Å². The highest BCUT2D eigenvalue weighted by atomic mass is 16.4. The van der Waals surface area contributed by atoms with Crippen LogP contribution >= 0.6 is 0 Å². The topological polar surface area (TPSA) is 61.4 Å². The van der Waals surface area contributed by atoms with Crippen LogP contribution in [0.2, 0.25) is 0 Å². The fourth-order valence-electron chi connectivity index (χ4n) is 1.81. The Hall–Kier alpha value is -0.610. The lowest BCUT2D eigenvalue weighted by Crippen LogP contribution is -2.51. The Labute approximate surface area is 98.8 Å². The van der Waals surface area contributed by atoms with Crippen LogP contribution in [0.5, 0.6) is 0 Å². The molecule has 0 bridgehead atoms. The summed E-state index contributed by atoms with van der Waals surface area (Å²) in [6, 6.07) is 0. The summed E-state index contributed by atoms with van der Waals surface area (Å²) >= 11 is 0. The number of carboxylic acids is 1. The third-order valence-electron chi connectivity index (χ3n) is 2.58. The number of nitrogens with one attached hydrogen (secondary N) is 2. The molecule has 0 aliphatic heterocycles. The van der Waals surface area contributed by atoms with Gasteiger partial charge in [0, 0.05) is 0 Å². The summed E-state index contributed by atoms with van der Waals surface area (Å²) in [6.45, 7) is 10.5. The fraction of sp³-hybridized carbons (Fsp3) is 0.917. The van der Waals surface area contributed by atoms with Gasteiger partial charge in [-0.2, -0.15) is 0 Å². The largest absolute Gasteiger partial charge is 0.480 e. The molecule has 0 aromatic heterocycles. The fourth-order valence-corrected chi connectivity index (χ4v) is 1.81. The molecule has 0 saturated heterocycles. The monoisotopic (exact) mass is 230 g/mol. The lowest BCUT2D eigenvalue weighted by molar-refractivity contribution is -0.144. The van der Waals surface area contributed by atoms with Gasteiger partial charge in [0.15, 0.2) is 0 Å². The maximum Gasteiger partial charge on any atom is 0.323 e. The maximum atomic E-state index is 11.2. The average Bonchev–Trinajstić information content (AvgIpc) is 2.16. The molecule has 0 aromatic rings. The van der Waals surface area contributed by atoms with Gasteiger partial charge >= 0.3 is 5.97 Å². The van der Waals surface area contributed by atoms with Gasteiger partial charge in [-0.05, 0) is 45.3 Å². The van der Waals surface area contributed by atoms with Crippen LogP contribution < -0.4 is 10.6 Å². The minimum absolute atomic E-state index is 0.377. The Balaban J connectivity index is 3.98. The van der Waals surface area contributed by atoms with Crippen molar-refractivity contribution in [2.75, 3.05) is 19.6 Å². The number of aliphatic carboxylic acids is 1. The van der Waals surface area contributed by atoms with Gasteiger partial charge in [0.05, 0.1) is 0 Å². The lowest BCUT2D eigenvalue weighted by atomic mass is 9.90. The number of hydrogen-bond acceptors (Lipinski definition) is 3. The highest BCUT2D eigenvalue weighted by molar-refractivity contribution is 5.78. The summed E-state index contributed by atoms with van der Waals surface area (Å²) < 4.78 is 0. The molecule has 0 radical (unpaired) electrons. The zero-order chi connectivity index (χ0) is 12.6. The minimum atomic E-state index is -0.791. The van der Waals surface area contributed by atoms with Gasteiger partial charge in [0.25, 0.3) is 0 Å². The van der Waals surface area contributed by atoms with Crippen molar-refractivity contribution < 1.29 is 9.90 Å². The maximum absolute atomic E-state index is 11.2. The Morgan fingerprint density at radius 2 is 2.00 bits per heavy atom. The van der Waals surface area contributed by atoms with Gasteiger partial charge in [-0.1, -0.05) is 20.8 Å². The quantitative estimate of drug-likeness (QED) is 0.525. The second kappa shape index (κ2) is 7.63. The van der Waals surface area contributed by atoms with E-state index in [-0.39, 0.29) is 0 Å². The summed E-state index contributed by atoms with van der Waals surface area (Å²) in [6.07, 6.45) is 1.61. The normalized spacial score (nSPS) is 15.1. The molecular weight excluding hydrogens is 204 g/mol. The summed E-state index contributed by atoms with van der Waals surface area (Å²) in [5.41, 5.74) is -0.791.